The van der Waals surface area contributed by atoms with Gasteiger partial charge in [0.1, 0.15) is 0 Å². The molecule has 68 valence electrons. The van der Waals surface area contributed by atoms with E-state index in [1.54, 1.807) is 0 Å². The van der Waals surface area contributed by atoms with Gasteiger partial charge in [-0.1, -0.05) is 6.92 Å². The lowest BCUT2D eigenvalue weighted by atomic mass is 9.88. The van der Waals surface area contributed by atoms with E-state index in [9.17, 15) is 4.79 Å². The van der Waals surface area contributed by atoms with Gasteiger partial charge in [-0.2, -0.15) is 0 Å². The maximum absolute atomic E-state index is 11.7. The molecule has 0 aromatic carbocycles. The molecule has 0 radical (unpaired) electrons. The summed E-state index contributed by atoms with van der Waals surface area (Å²) < 4.78 is 0. The third-order valence-corrected chi connectivity index (χ3v) is 3.26. The van der Waals surface area contributed by atoms with Crippen molar-refractivity contribution >= 4 is 5.91 Å². The molecule has 2 saturated heterocycles. The minimum Gasteiger partial charge on any atom is -0.339 e. The molecular formula is C10H17NO. The molecule has 0 bridgehead atoms. The summed E-state index contributed by atoms with van der Waals surface area (Å²) in [6, 6.07) is 0.599. The largest absolute Gasteiger partial charge is 0.339 e. The summed E-state index contributed by atoms with van der Waals surface area (Å²) in [4.78, 5) is 13.8. The molecule has 2 atom stereocenters. The zero-order chi connectivity index (χ0) is 8.55. The second kappa shape index (κ2) is 3.08. The van der Waals surface area contributed by atoms with Crippen LogP contribution in [-0.2, 0) is 4.79 Å². The summed E-state index contributed by atoms with van der Waals surface area (Å²) in [6.45, 7) is 3.08. The number of hydrogen-bond donors (Lipinski definition) is 0. The van der Waals surface area contributed by atoms with Crippen LogP contribution >= 0.6 is 0 Å². The van der Waals surface area contributed by atoms with Crippen LogP contribution in [0.1, 0.15) is 39.0 Å². The molecular weight excluding hydrogens is 150 g/mol. The first-order valence-electron chi connectivity index (χ1n) is 5.09. The van der Waals surface area contributed by atoms with Crippen LogP contribution < -0.4 is 0 Å². The van der Waals surface area contributed by atoms with Gasteiger partial charge in [0.15, 0.2) is 0 Å². The van der Waals surface area contributed by atoms with Crippen molar-refractivity contribution < 1.29 is 4.79 Å². The van der Waals surface area contributed by atoms with Crippen LogP contribution in [0.4, 0.5) is 0 Å². The van der Waals surface area contributed by atoms with Gasteiger partial charge in [0, 0.05) is 18.5 Å². The molecule has 2 nitrogen and oxygen atoms in total. The van der Waals surface area contributed by atoms with Crippen LogP contribution in [0.25, 0.3) is 0 Å². The Balaban J connectivity index is 2.08. The number of carbonyl (C=O) groups is 1. The Morgan fingerprint density at radius 3 is 2.92 bits per heavy atom. The van der Waals surface area contributed by atoms with Crippen molar-refractivity contribution in [2.45, 2.75) is 45.1 Å². The van der Waals surface area contributed by atoms with Crippen molar-refractivity contribution in [3.8, 4) is 0 Å². The number of hydrogen-bond acceptors (Lipinski definition) is 1. The van der Waals surface area contributed by atoms with Gasteiger partial charge >= 0.3 is 0 Å². The second-order valence-electron chi connectivity index (χ2n) is 4.16. The molecule has 0 aromatic heterocycles. The van der Waals surface area contributed by atoms with Crippen molar-refractivity contribution in [2.24, 2.45) is 5.92 Å². The van der Waals surface area contributed by atoms with Crippen molar-refractivity contribution in [1.82, 2.24) is 4.90 Å². The smallest absolute Gasteiger partial charge is 0.225 e. The average Bonchev–Trinajstić information content (AvgIpc) is 2.12. The molecule has 2 aliphatic rings. The number of rotatable bonds is 0. The van der Waals surface area contributed by atoms with E-state index >= 15 is 0 Å². The molecule has 2 fully saturated rings. The molecule has 2 heterocycles. The second-order valence-corrected chi connectivity index (χ2v) is 4.16. The highest BCUT2D eigenvalue weighted by molar-refractivity contribution is 5.79. The van der Waals surface area contributed by atoms with Crippen molar-refractivity contribution in [3.05, 3.63) is 0 Å². The first-order chi connectivity index (χ1) is 5.79. The van der Waals surface area contributed by atoms with Gasteiger partial charge in [-0.05, 0) is 32.1 Å². The Morgan fingerprint density at radius 2 is 2.08 bits per heavy atom. The van der Waals surface area contributed by atoms with Gasteiger partial charge in [0.25, 0.3) is 0 Å². The number of nitrogens with zero attached hydrogens (tertiary/aromatic N) is 1. The highest BCUT2D eigenvalue weighted by Crippen LogP contribution is 2.29. The molecule has 0 spiro atoms. The minimum absolute atomic E-state index is 0.291. The molecule has 2 rings (SSSR count). The zero-order valence-corrected chi connectivity index (χ0v) is 7.75. The summed E-state index contributed by atoms with van der Waals surface area (Å²) >= 11 is 0. The van der Waals surface area contributed by atoms with Crippen molar-refractivity contribution in [3.63, 3.8) is 0 Å². The predicted octanol–water partition coefficient (Wildman–Crippen LogP) is 1.80. The van der Waals surface area contributed by atoms with Gasteiger partial charge in [-0.3, -0.25) is 4.79 Å². The topological polar surface area (TPSA) is 20.3 Å². The summed E-state index contributed by atoms with van der Waals surface area (Å²) in [5.41, 5.74) is 0. The Hall–Kier alpha value is -0.530. The highest BCUT2D eigenvalue weighted by atomic mass is 16.2. The van der Waals surface area contributed by atoms with Crippen molar-refractivity contribution in [1.29, 1.82) is 0 Å². The third-order valence-electron chi connectivity index (χ3n) is 3.26. The molecule has 2 aliphatic heterocycles. The van der Waals surface area contributed by atoms with Crippen LogP contribution in [0.15, 0.2) is 0 Å². The lowest BCUT2D eigenvalue weighted by Gasteiger charge is -2.41. The highest BCUT2D eigenvalue weighted by Gasteiger charge is 2.33. The van der Waals surface area contributed by atoms with Gasteiger partial charge in [-0.15, -0.1) is 0 Å². The number of piperidine rings is 2. The van der Waals surface area contributed by atoms with Crippen LogP contribution in [0.2, 0.25) is 0 Å². The van der Waals surface area contributed by atoms with Crippen molar-refractivity contribution in [2.75, 3.05) is 6.54 Å². The summed E-state index contributed by atoms with van der Waals surface area (Å²) in [7, 11) is 0. The first kappa shape index (κ1) is 8.09. The Morgan fingerprint density at radius 1 is 1.25 bits per heavy atom. The van der Waals surface area contributed by atoms with E-state index in [2.05, 4.69) is 11.8 Å². The monoisotopic (exact) mass is 167 g/mol. The normalized spacial score (nSPS) is 36.4. The van der Waals surface area contributed by atoms with Gasteiger partial charge in [-0.25, -0.2) is 0 Å². The predicted molar refractivity (Wildman–Crippen MR) is 47.8 cm³/mol. The van der Waals surface area contributed by atoms with E-state index in [4.69, 9.17) is 0 Å². The number of fused-ring (bicyclic) bond motifs is 1. The van der Waals surface area contributed by atoms with Gasteiger partial charge in [0.2, 0.25) is 5.91 Å². The SMILES string of the molecule is C[C@H]1CC[C@@H]2CCCCN2C1=O. The Bertz CT molecular complexity index is 190. The zero-order valence-electron chi connectivity index (χ0n) is 7.75. The van der Waals surface area contributed by atoms with Crippen LogP contribution in [0.3, 0.4) is 0 Å². The molecule has 1 amide bonds. The van der Waals surface area contributed by atoms with E-state index in [-0.39, 0.29) is 0 Å². The van der Waals surface area contributed by atoms with Gasteiger partial charge in [0.05, 0.1) is 0 Å². The summed E-state index contributed by atoms with van der Waals surface area (Å²) in [6.07, 6.45) is 6.14. The first-order valence-corrected chi connectivity index (χ1v) is 5.09. The fourth-order valence-corrected chi connectivity index (χ4v) is 2.44. The van der Waals surface area contributed by atoms with Gasteiger partial charge < -0.3 is 4.90 Å². The van der Waals surface area contributed by atoms with E-state index < -0.39 is 0 Å². The van der Waals surface area contributed by atoms with Crippen LogP contribution in [0, 0.1) is 5.92 Å². The molecule has 0 unspecified atom stereocenters. The van der Waals surface area contributed by atoms with E-state index in [1.165, 1.54) is 25.7 Å². The fraction of sp³-hybridized carbons (Fsp3) is 0.900. The lowest BCUT2D eigenvalue weighted by Crippen LogP contribution is -2.49. The molecule has 2 heteroatoms. The maximum atomic E-state index is 11.7. The summed E-state index contributed by atoms with van der Waals surface area (Å²) in [5.74, 6) is 0.699. The molecule has 0 aromatic rings. The maximum Gasteiger partial charge on any atom is 0.225 e. The van der Waals surface area contributed by atoms with Crippen LogP contribution in [0.5, 0.6) is 0 Å². The van der Waals surface area contributed by atoms with E-state index in [1.807, 2.05) is 0 Å². The quantitative estimate of drug-likeness (QED) is 0.538. The van der Waals surface area contributed by atoms with Crippen LogP contribution in [-0.4, -0.2) is 23.4 Å². The summed E-state index contributed by atoms with van der Waals surface area (Å²) in [5, 5.41) is 0. The minimum atomic E-state index is 0.291. The standard InChI is InChI=1S/C10H17NO/c1-8-5-6-9-4-2-3-7-11(9)10(8)12/h8-9H,2-7H2,1H3/t8-,9-/m0/s1. The molecule has 0 aliphatic carbocycles. The van der Waals surface area contributed by atoms with E-state index in [0.29, 0.717) is 17.9 Å². The number of carbonyl (C=O) groups excluding carboxylic acids is 1. The Labute approximate surface area is 73.9 Å². The third kappa shape index (κ3) is 1.23. The average molecular weight is 167 g/mol. The molecule has 12 heavy (non-hydrogen) atoms. The fourth-order valence-electron chi connectivity index (χ4n) is 2.44. The Kier molecular flexibility index (Phi) is 2.07. The molecule has 0 saturated carbocycles. The molecule has 0 N–H and O–H groups in total. The number of amides is 1. The van der Waals surface area contributed by atoms with E-state index in [0.717, 1.165) is 13.0 Å². The lowest BCUT2D eigenvalue weighted by molar-refractivity contribution is -0.142.